The van der Waals surface area contributed by atoms with Gasteiger partial charge in [-0.05, 0) is 35.4 Å². The van der Waals surface area contributed by atoms with Crippen molar-refractivity contribution in [1.82, 2.24) is 0 Å². The molecule has 1 aliphatic rings. The van der Waals surface area contributed by atoms with Crippen LogP contribution in [0.3, 0.4) is 0 Å². The van der Waals surface area contributed by atoms with Gasteiger partial charge < -0.3 is 14.6 Å². The lowest BCUT2D eigenvalue weighted by molar-refractivity contribution is 0.00806. The highest BCUT2D eigenvalue weighted by Crippen LogP contribution is 2.29. The van der Waals surface area contributed by atoms with Crippen molar-refractivity contribution in [2.45, 2.75) is 24.5 Å². The predicted octanol–water partition coefficient (Wildman–Crippen LogP) is 4.06. The van der Waals surface area contributed by atoms with Crippen LogP contribution in [-0.2, 0) is 17.6 Å². The molecule has 0 aromatic heterocycles. The Bertz CT molecular complexity index is 911. The fourth-order valence-corrected chi connectivity index (χ4v) is 3.74. The van der Waals surface area contributed by atoms with E-state index in [-0.39, 0.29) is 6.04 Å². The van der Waals surface area contributed by atoms with E-state index in [4.69, 9.17) is 14.5 Å². The average molecular weight is 387 g/mol. The van der Waals surface area contributed by atoms with Gasteiger partial charge in [-0.15, -0.1) is 0 Å². The minimum atomic E-state index is -1.04. The molecule has 0 unspecified atom stereocenters. The average Bonchev–Trinajstić information content (AvgIpc) is 3.26. The summed E-state index contributed by atoms with van der Waals surface area (Å²) < 4.78 is 11.1. The number of aliphatic hydroxyl groups is 1. The Kier molecular flexibility index (Phi) is 5.63. The summed E-state index contributed by atoms with van der Waals surface area (Å²) in [5.41, 5.74) is 2.00. The van der Waals surface area contributed by atoms with Crippen LogP contribution in [0.2, 0.25) is 0 Å². The van der Waals surface area contributed by atoms with E-state index >= 15 is 0 Å². The summed E-state index contributed by atoms with van der Waals surface area (Å²) in [5, 5.41) is 11.8. The first-order valence-corrected chi connectivity index (χ1v) is 9.81. The smallest absolute Gasteiger partial charge is 0.216 e. The highest BCUT2D eigenvalue weighted by atomic mass is 16.5. The van der Waals surface area contributed by atoms with E-state index in [2.05, 4.69) is 0 Å². The van der Waals surface area contributed by atoms with Crippen LogP contribution in [0, 0.1) is 0 Å². The molecule has 1 aliphatic heterocycles. The van der Waals surface area contributed by atoms with Crippen molar-refractivity contribution >= 4 is 5.90 Å². The van der Waals surface area contributed by atoms with E-state index in [1.54, 1.807) is 7.11 Å². The summed E-state index contributed by atoms with van der Waals surface area (Å²) in [6.07, 6.45) is 1.02. The molecule has 3 aromatic rings. The van der Waals surface area contributed by atoms with Gasteiger partial charge in [-0.1, -0.05) is 60.7 Å². The lowest BCUT2D eigenvalue weighted by Crippen LogP contribution is -2.46. The number of ether oxygens (including phenoxy) is 2. The number of rotatable bonds is 7. The summed E-state index contributed by atoms with van der Waals surface area (Å²) >= 11 is 0. The summed E-state index contributed by atoms with van der Waals surface area (Å²) in [6, 6.07) is 27.4. The number of hydrogen-bond donors (Lipinski definition) is 1. The fourth-order valence-electron chi connectivity index (χ4n) is 3.74. The van der Waals surface area contributed by atoms with Gasteiger partial charge in [0.15, 0.2) is 0 Å². The lowest BCUT2D eigenvalue weighted by Gasteiger charge is -2.32. The number of benzene rings is 3. The van der Waals surface area contributed by atoms with Gasteiger partial charge in [0, 0.05) is 18.4 Å². The number of methoxy groups -OCH3 is 1. The normalized spacial score (nSPS) is 16.2. The lowest BCUT2D eigenvalue weighted by atomic mass is 9.82. The van der Waals surface area contributed by atoms with Gasteiger partial charge in [-0.2, -0.15) is 0 Å². The van der Waals surface area contributed by atoms with Crippen LogP contribution in [0.1, 0.15) is 16.7 Å². The van der Waals surface area contributed by atoms with Crippen molar-refractivity contribution in [3.8, 4) is 5.75 Å². The van der Waals surface area contributed by atoms with Crippen molar-refractivity contribution in [2.75, 3.05) is 13.7 Å². The molecule has 3 aromatic carbocycles. The van der Waals surface area contributed by atoms with Gasteiger partial charge in [0.05, 0.1) is 12.7 Å². The first-order valence-electron chi connectivity index (χ1n) is 9.81. The summed E-state index contributed by atoms with van der Waals surface area (Å²) in [6.45, 7) is 0.359. The third-order valence-electron chi connectivity index (χ3n) is 5.31. The highest BCUT2D eigenvalue weighted by Gasteiger charge is 2.41. The van der Waals surface area contributed by atoms with E-state index in [9.17, 15) is 5.11 Å². The molecular formula is C25H25NO3. The molecule has 0 saturated carbocycles. The molecule has 1 N–H and O–H groups in total. The van der Waals surface area contributed by atoms with Crippen molar-refractivity contribution < 1.29 is 14.6 Å². The summed E-state index contributed by atoms with van der Waals surface area (Å²) in [4.78, 5) is 4.78. The second kappa shape index (κ2) is 8.50. The van der Waals surface area contributed by atoms with Gasteiger partial charge in [-0.25, -0.2) is 4.99 Å². The highest BCUT2D eigenvalue weighted by molar-refractivity contribution is 5.95. The third-order valence-corrected chi connectivity index (χ3v) is 5.31. The molecule has 4 heteroatoms. The molecule has 0 amide bonds. The zero-order valence-electron chi connectivity index (χ0n) is 16.5. The van der Waals surface area contributed by atoms with Gasteiger partial charge >= 0.3 is 0 Å². The molecule has 0 aliphatic carbocycles. The molecular weight excluding hydrogens is 362 g/mol. The summed E-state index contributed by atoms with van der Waals surface area (Å²) in [7, 11) is 1.64. The number of nitrogens with zero attached hydrogens (tertiary/aromatic N) is 1. The van der Waals surface area contributed by atoms with Gasteiger partial charge in [0.1, 0.15) is 18.4 Å². The van der Waals surface area contributed by atoms with E-state index in [0.29, 0.717) is 25.3 Å². The zero-order chi connectivity index (χ0) is 20.1. The Labute approximate surface area is 171 Å². The zero-order valence-corrected chi connectivity index (χ0v) is 16.5. The van der Waals surface area contributed by atoms with Gasteiger partial charge in [0.2, 0.25) is 5.90 Å². The Morgan fingerprint density at radius 3 is 1.97 bits per heavy atom. The van der Waals surface area contributed by atoms with Crippen LogP contribution >= 0.6 is 0 Å². The molecule has 4 nitrogen and oxygen atoms in total. The monoisotopic (exact) mass is 387 g/mol. The molecule has 4 rings (SSSR count). The maximum Gasteiger partial charge on any atom is 0.216 e. The maximum absolute atomic E-state index is 11.8. The molecule has 0 saturated heterocycles. The van der Waals surface area contributed by atoms with Gasteiger partial charge in [-0.3, -0.25) is 0 Å². The van der Waals surface area contributed by atoms with Crippen molar-refractivity contribution in [1.29, 1.82) is 0 Å². The van der Waals surface area contributed by atoms with Crippen LogP contribution in [0.5, 0.6) is 5.75 Å². The van der Waals surface area contributed by atoms with Crippen molar-refractivity contribution in [3.63, 3.8) is 0 Å². The predicted molar refractivity (Wildman–Crippen MR) is 115 cm³/mol. The molecule has 1 atom stereocenters. The van der Waals surface area contributed by atoms with Gasteiger partial charge in [0.25, 0.3) is 0 Å². The standard InChI is InChI=1S/C25H25NO3/c1-28-22-14-12-21(13-15-22)24-26-23(18-29-24)25(27,16-19-8-4-2-5-9-19)17-20-10-6-3-7-11-20/h2-15,23,27H,16-18H2,1H3/t23-/m0/s1. The molecule has 0 bridgehead atoms. The Morgan fingerprint density at radius 1 is 0.897 bits per heavy atom. The Balaban J connectivity index is 1.62. The van der Waals surface area contributed by atoms with Crippen molar-refractivity contribution in [3.05, 3.63) is 102 Å². The topological polar surface area (TPSA) is 51.0 Å². The fraction of sp³-hybridized carbons (Fsp3) is 0.240. The molecule has 1 heterocycles. The van der Waals surface area contributed by atoms with Crippen LogP contribution < -0.4 is 4.74 Å². The van der Waals surface area contributed by atoms with Crippen LogP contribution in [-0.4, -0.2) is 36.4 Å². The summed E-state index contributed by atoms with van der Waals surface area (Å²) in [5.74, 6) is 1.35. The molecule has 29 heavy (non-hydrogen) atoms. The minimum absolute atomic E-state index is 0.347. The van der Waals surface area contributed by atoms with Crippen LogP contribution in [0.4, 0.5) is 0 Å². The second-order valence-electron chi connectivity index (χ2n) is 7.42. The van der Waals surface area contributed by atoms with Crippen LogP contribution in [0.15, 0.2) is 89.9 Å². The molecule has 0 radical (unpaired) electrons. The van der Waals surface area contributed by atoms with E-state index in [1.807, 2.05) is 84.9 Å². The molecule has 0 fully saturated rings. The molecule has 0 spiro atoms. The first-order chi connectivity index (χ1) is 14.2. The largest absolute Gasteiger partial charge is 0.497 e. The number of aliphatic imine (C=N–C) groups is 1. The third kappa shape index (κ3) is 4.49. The van der Waals surface area contributed by atoms with E-state index < -0.39 is 5.60 Å². The van der Waals surface area contributed by atoms with E-state index in [1.165, 1.54) is 0 Å². The second-order valence-corrected chi connectivity index (χ2v) is 7.42. The Morgan fingerprint density at radius 2 is 1.45 bits per heavy atom. The SMILES string of the molecule is COc1ccc(C2=N[C@H](C(O)(Cc3ccccc3)Cc3ccccc3)CO2)cc1. The number of hydrogen-bond acceptors (Lipinski definition) is 4. The van der Waals surface area contributed by atoms with E-state index in [0.717, 1.165) is 22.4 Å². The van der Waals surface area contributed by atoms with Crippen LogP contribution in [0.25, 0.3) is 0 Å². The molecule has 148 valence electrons. The minimum Gasteiger partial charge on any atom is -0.497 e. The Hall–Kier alpha value is -3.11. The van der Waals surface area contributed by atoms with Crippen molar-refractivity contribution in [2.24, 2.45) is 4.99 Å². The quantitative estimate of drug-likeness (QED) is 0.665. The maximum atomic E-state index is 11.8. The first kappa shape index (κ1) is 19.2.